The average Bonchev–Trinajstić information content (AvgIpc) is 3.36. The van der Waals surface area contributed by atoms with Crippen molar-refractivity contribution in [1.82, 2.24) is 9.55 Å². The fourth-order valence-electron chi connectivity index (χ4n) is 4.49. The number of fused-ring (bicyclic) bond motifs is 8. The average molecular weight is 421 g/mol. The second-order valence-electron chi connectivity index (χ2n) is 7.63. The number of aromatic nitrogens is 2. The fraction of sp³-hybridized carbons (Fsp3) is 0.0385. The first-order valence-electron chi connectivity index (χ1n) is 10.0. The number of imidazole rings is 1. The number of hydrogen-bond acceptors (Lipinski definition) is 3. The minimum Gasteiger partial charge on any atom is -0.294 e. The van der Waals surface area contributed by atoms with Gasteiger partial charge in [-0.15, -0.1) is 23.1 Å². The van der Waals surface area contributed by atoms with Gasteiger partial charge in [0.2, 0.25) is 0 Å². The molecule has 0 unspecified atom stereocenters. The van der Waals surface area contributed by atoms with Crippen LogP contribution in [0.4, 0.5) is 0 Å². The molecule has 2 aromatic heterocycles. The maximum atomic E-state index is 4.98. The molecule has 30 heavy (non-hydrogen) atoms. The lowest BCUT2D eigenvalue weighted by Crippen LogP contribution is -2.05. The van der Waals surface area contributed by atoms with Gasteiger partial charge in [0, 0.05) is 25.1 Å². The summed E-state index contributed by atoms with van der Waals surface area (Å²) in [6.45, 7) is 0. The van der Waals surface area contributed by atoms with E-state index < -0.39 is 0 Å². The summed E-state index contributed by atoms with van der Waals surface area (Å²) in [6.07, 6.45) is 0. The van der Waals surface area contributed by atoms with Gasteiger partial charge in [-0.3, -0.25) is 4.57 Å². The number of thioether (sulfide) groups is 1. The highest BCUT2D eigenvalue weighted by atomic mass is 32.2. The van der Waals surface area contributed by atoms with Crippen molar-refractivity contribution in [1.29, 1.82) is 0 Å². The van der Waals surface area contributed by atoms with Crippen LogP contribution in [0.5, 0.6) is 0 Å². The third-order valence-electron chi connectivity index (χ3n) is 5.90. The molecule has 0 N–H and O–H groups in total. The van der Waals surface area contributed by atoms with Crippen molar-refractivity contribution in [2.75, 3.05) is 0 Å². The first-order valence-corrected chi connectivity index (χ1v) is 11.8. The van der Waals surface area contributed by atoms with E-state index in [0.29, 0.717) is 0 Å². The van der Waals surface area contributed by atoms with E-state index in [2.05, 4.69) is 89.5 Å². The highest BCUT2D eigenvalue weighted by Crippen LogP contribution is 2.39. The third kappa shape index (κ3) is 2.35. The van der Waals surface area contributed by atoms with Crippen molar-refractivity contribution in [2.24, 2.45) is 0 Å². The van der Waals surface area contributed by atoms with Gasteiger partial charge < -0.3 is 0 Å². The van der Waals surface area contributed by atoms with Crippen LogP contribution in [-0.4, -0.2) is 9.55 Å². The molecule has 0 amide bonds. The lowest BCUT2D eigenvalue weighted by atomic mass is 10.0. The van der Waals surface area contributed by atoms with Gasteiger partial charge >= 0.3 is 0 Å². The maximum Gasteiger partial charge on any atom is 0.124 e. The Morgan fingerprint density at radius 3 is 2.53 bits per heavy atom. The Kier molecular flexibility index (Phi) is 3.45. The van der Waals surface area contributed by atoms with Gasteiger partial charge in [0.05, 0.1) is 22.5 Å². The van der Waals surface area contributed by atoms with E-state index in [-0.39, 0.29) is 0 Å². The van der Waals surface area contributed by atoms with Crippen molar-refractivity contribution in [3.8, 4) is 16.8 Å². The van der Waals surface area contributed by atoms with Crippen molar-refractivity contribution in [3.63, 3.8) is 0 Å². The number of para-hydroxylation sites is 1. The Labute approximate surface area is 181 Å². The maximum absolute atomic E-state index is 4.98. The summed E-state index contributed by atoms with van der Waals surface area (Å²) in [6, 6.07) is 30.8. The Balaban J connectivity index is 1.41. The molecule has 142 valence electrons. The van der Waals surface area contributed by atoms with Crippen molar-refractivity contribution < 1.29 is 0 Å². The molecular formula is C26H16N2S2. The summed E-state index contributed by atoms with van der Waals surface area (Å²) in [5, 5.41) is 2.68. The highest BCUT2D eigenvalue weighted by molar-refractivity contribution is 7.98. The number of hydrogen-bond donors (Lipinski definition) is 0. The molecule has 0 bridgehead atoms. The molecule has 0 aliphatic carbocycles. The molecule has 1 aliphatic heterocycles. The summed E-state index contributed by atoms with van der Waals surface area (Å²) in [4.78, 5) is 6.31. The molecule has 4 aromatic carbocycles. The lowest BCUT2D eigenvalue weighted by Gasteiger charge is -2.18. The molecule has 7 rings (SSSR count). The van der Waals surface area contributed by atoms with Crippen LogP contribution < -0.4 is 0 Å². The van der Waals surface area contributed by atoms with Crippen LogP contribution in [0, 0.1) is 0 Å². The van der Waals surface area contributed by atoms with Crippen LogP contribution >= 0.6 is 23.1 Å². The monoisotopic (exact) mass is 420 g/mol. The van der Waals surface area contributed by atoms with Gasteiger partial charge in [0.25, 0.3) is 0 Å². The molecule has 0 atom stereocenters. The minimum absolute atomic E-state index is 0.911. The molecule has 3 heterocycles. The topological polar surface area (TPSA) is 17.8 Å². The van der Waals surface area contributed by atoms with Gasteiger partial charge in [-0.1, -0.05) is 42.5 Å². The SMILES string of the molecule is c1ccc2c(c1)SCc1nc3cc(-c4ccc5sc6ccccc6c5c4)ccc3n1-2. The van der Waals surface area contributed by atoms with E-state index in [0.717, 1.165) is 17.1 Å². The second-order valence-corrected chi connectivity index (χ2v) is 9.73. The molecule has 2 nitrogen and oxygen atoms in total. The molecule has 0 radical (unpaired) electrons. The van der Waals surface area contributed by atoms with Gasteiger partial charge in [-0.25, -0.2) is 4.98 Å². The summed E-state index contributed by atoms with van der Waals surface area (Å²) in [5.41, 5.74) is 5.95. The second kappa shape index (κ2) is 6.21. The quantitative estimate of drug-likeness (QED) is 0.272. The molecule has 0 saturated heterocycles. The van der Waals surface area contributed by atoms with Crippen LogP contribution in [0.15, 0.2) is 89.8 Å². The zero-order valence-electron chi connectivity index (χ0n) is 16.0. The third-order valence-corrected chi connectivity index (χ3v) is 8.11. The van der Waals surface area contributed by atoms with Crippen LogP contribution in [0.25, 0.3) is 48.0 Å². The number of benzene rings is 4. The van der Waals surface area contributed by atoms with Gasteiger partial charge in [0.1, 0.15) is 5.82 Å². The smallest absolute Gasteiger partial charge is 0.124 e. The van der Waals surface area contributed by atoms with Crippen molar-refractivity contribution >= 4 is 54.3 Å². The molecule has 1 aliphatic rings. The van der Waals surface area contributed by atoms with Crippen LogP contribution in [0.1, 0.15) is 5.82 Å². The van der Waals surface area contributed by atoms with Crippen LogP contribution in [-0.2, 0) is 5.75 Å². The minimum atomic E-state index is 0.911. The standard InChI is InChI=1S/C26H16N2S2/c1-3-7-23-18(5-1)19-13-16(10-12-24(19)30-23)17-9-11-21-20(14-17)27-26-15-29-25-8-4-2-6-22(25)28(21)26/h1-14H,15H2. The van der Waals surface area contributed by atoms with E-state index in [1.54, 1.807) is 0 Å². The fourth-order valence-corrected chi connectivity index (χ4v) is 6.53. The molecular weight excluding hydrogens is 404 g/mol. The zero-order valence-corrected chi connectivity index (χ0v) is 17.6. The molecule has 6 aromatic rings. The summed E-state index contributed by atoms with van der Waals surface area (Å²) in [7, 11) is 0. The normalized spacial score (nSPS) is 13.1. The first kappa shape index (κ1) is 16.7. The lowest BCUT2D eigenvalue weighted by molar-refractivity contribution is 0.945. The van der Waals surface area contributed by atoms with Gasteiger partial charge in [-0.05, 0) is 53.6 Å². The van der Waals surface area contributed by atoms with E-state index in [9.17, 15) is 0 Å². The predicted molar refractivity (Wildman–Crippen MR) is 129 cm³/mol. The van der Waals surface area contributed by atoms with Gasteiger partial charge in [-0.2, -0.15) is 0 Å². The van der Waals surface area contributed by atoms with Gasteiger partial charge in [0.15, 0.2) is 0 Å². The van der Waals surface area contributed by atoms with Crippen molar-refractivity contribution in [2.45, 2.75) is 10.6 Å². The van der Waals surface area contributed by atoms with Crippen molar-refractivity contribution in [3.05, 3.63) is 90.8 Å². The Morgan fingerprint density at radius 1 is 0.733 bits per heavy atom. The molecule has 0 fully saturated rings. The number of nitrogens with zero attached hydrogens (tertiary/aromatic N) is 2. The summed E-state index contributed by atoms with van der Waals surface area (Å²) in [5.74, 6) is 2.04. The zero-order chi connectivity index (χ0) is 19.7. The van der Waals surface area contributed by atoms with E-state index in [4.69, 9.17) is 4.98 Å². The predicted octanol–water partition coefficient (Wildman–Crippen LogP) is 7.67. The van der Waals surface area contributed by atoms with E-state index >= 15 is 0 Å². The molecule has 0 saturated carbocycles. The number of rotatable bonds is 1. The Bertz CT molecular complexity index is 1610. The summed E-state index contributed by atoms with van der Waals surface area (Å²) < 4.78 is 5.01. The first-order chi connectivity index (χ1) is 14.8. The largest absolute Gasteiger partial charge is 0.294 e. The Hall–Kier alpha value is -3.08. The molecule has 4 heteroatoms. The van der Waals surface area contributed by atoms with E-state index in [1.807, 2.05) is 23.1 Å². The Morgan fingerprint density at radius 2 is 1.53 bits per heavy atom. The van der Waals surface area contributed by atoms with Crippen LogP contribution in [0.3, 0.4) is 0 Å². The molecule has 0 spiro atoms. The van der Waals surface area contributed by atoms with Crippen LogP contribution in [0.2, 0.25) is 0 Å². The highest BCUT2D eigenvalue weighted by Gasteiger charge is 2.20. The number of thiophene rings is 1. The van der Waals surface area contributed by atoms with E-state index in [1.165, 1.54) is 47.4 Å². The summed E-state index contributed by atoms with van der Waals surface area (Å²) >= 11 is 3.73.